The fourth-order valence-corrected chi connectivity index (χ4v) is 2.68. The molecule has 0 bridgehead atoms. The van der Waals surface area contributed by atoms with Crippen LogP contribution in [0.5, 0.6) is 5.75 Å². The van der Waals surface area contributed by atoms with Crippen molar-refractivity contribution in [2.24, 2.45) is 5.92 Å². The highest BCUT2D eigenvalue weighted by atomic mass is 16.5. The molecule has 0 radical (unpaired) electrons. The summed E-state index contributed by atoms with van der Waals surface area (Å²) in [5, 5.41) is 3.59. The highest BCUT2D eigenvalue weighted by Gasteiger charge is 2.29. The molecule has 106 valence electrons. The number of nitrogens with one attached hydrogen (secondary N) is 1. The van der Waals surface area contributed by atoms with Gasteiger partial charge in [0.25, 0.3) is 0 Å². The largest absolute Gasteiger partial charge is 0.489 e. The summed E-state index contributed by atoms with van der Waals surface area (Å²) >= 11 is 0. The first-order valence-electron chi connectivity index (χ1n) is 7.40. The van der Waals surface area contributed by atoms with Crippen molar-refractivity contribution in [1.82, 2.24) is 10.3 Å². The zero-order valence-corrected chi connectivity index (χ0v) is 12.5. The van der Waals surface area contributed by atoms with Crippen LogP contribution in [0.4, 0.5) is 0 Å². The lowest BCUT2D eigenvalue weighted by Crippen LogP contribution is -2.45. The molecule has 2 rings (SSSR count). The minimum Gasteiger partial charge on any atom is -0.489 e. The van der Waals surface area contributed by atoms with Crippen LogP contribution in [-0.2, 0) is 6.42 Å². The molecule has 1 fully saturated rings. The summed E-state index contributed by atoms with van der Waals surface area (Å²) < 4.78 is 5.60. The van der Waals surface area contributed by atoms with Crippen LogP contribution >= 0.6 is 0 Å². The van der Waals surface area contributed by atoms with Crippen LogP contribution in [0.1, 0.15) is 46.2 Å². The minimum atomic E-state index is 0.210. The Kier molecular flexibility index (Phi) is 4.81. The number of rotatable bonds is 6. The average Bonchev–Trinajstić information content (AvgIpc) is 2.27. The van der Waals surface area contributed by atoms with Crippen LogP contribution in [0, 0.1) is 5.92 Å². The van der Waals surface area contributed by atoms with E-state index in [1.54, 1.807) is 0 Å². The van der Waals surface area contributed by atoms with E-state index in [9.17, 15) is 0 Å². The summed E-state index contributed by atoms with van der Waals surface area (Å²) in [7, 11) is 0. The van der Waals surface area contributed by atoms with Crippen molar-refractivity contribution in [2.75, 3.05) is 0 Å². The van der Waals surface area contributed by atoms with Gasteiger partial charge in [-0.3, -0.25) is 4.98 Å². The van der Waals surface area contributed by atoms with Crippen LogP contribution in [0.25, 0.3) is 0 Å². The van der Waals surface area contributed by atoms with Crippen LogP contribution < -0.4 is 10.1 Å². The molecule has 1 aromatic heterocycles. The average molecular weight is 262 g/mol. The number of nitrogens with zero attached hydrogens (tertiary/aromatic N) is 1. The van der Waals surface area contributed by atoms with Crippen LogP contribution in [0.2, 0.25) is 0 Å². The Morgan fingerprint density at radius 3 is 2.53 bits per heavy atom. The number of hydrogen-bond donors (Lipinski definition) is 1. The van der Waals surface area contributed by atoms with Gasteiger partial charge in [0.15, 0.2) is 0 Å². The molecule has 0 unspecified atom stereocenters. The van der Waals surface area contributed by atoms with Crippen molar-refractivity contribution in [3.8, 4) is 5.75 Å². The molecule has 1 saturated carbocycles. The summed E-state index contributed by atoms with van der Waals surface area (Å²) in [5.41, 5.74) is 1.18. The fraction of sp³-hybridized carbons (Fsp3) is 0.688. The molecule has 0 saturated heterocycles. The summed E-state index contributed by atoms with van der Waals surface area (Å²) in [5.74, 6) is 1.66. The van der Waals surface area contributed by atoms with Crippen molar-refractivity contribution >= 4 is 0 Å². The normalized spacial score (nSPS) is 22.6. The maximum atomic E-state index is 5.60. The van der Waals surface area contributed by atoms with Crippen molar-refractivity contribution in [3.05, 3.63) is 24.0 Å². The maximum absolute atomic E-state index is 5.60. The minimum absolute atomic E-state index is 0.210. The second-order valence-corrected chi connectivity index (χ2v) is 6.21. The molecule has 1 heterocycles. The lowest BCUT2D eigenvalue weighted by Gasteiger charge is -2.37. The van der Waals surface area contributed by atoms with E-state index < -0.39 is 0 Å². The molecule has 0 aliphatic heterocycles. The zero-order chi connectivity index (χ0) is 13.8. The van der Waals surface area contributed by atoms with E-state index in [0.29, 0.717) is 12.1 Å². The number of aromatic nitrogens is 1. The standard InChI is InChI=1S/C16H26N2O/c1-11(2)18-15-8-13(9-15)7-14-5-6-16(10-17-14)19-12(3)4/h5-6,10-13,15,18H,7-9H2,1-4H3. The third-order valence-electron chi connectivity index (χ3n) is 3.47. The molecule has 1 N–H and O–H groups in total. The molecule has 1 aliphatic carbocycles. The van der Waals surface area contributed by atoms with Gasteiger partial charge in [-0.2, -0.15) is 0 Å². The predicted molar refractivity (Wildman–Crippen MR) is 78.5 cm³/mol. The van der Waals surface area contributed by atoms with E-state index >= 15 is 0 Å². The lowest BCUT2D eigenvalue weighted by atomic mass is 9.77. The molecule has 1 aromatic rings. The van der Waals surface area contributed by atoms with Gasteiger partial charge in [0.05, 0.1) is 12.3 Å². The topological polar surface area (TPSA) is 34.1 Å². The highest BCUT2D eigenvalue weighted by molar-refractivity contribution is 5.20. The smallest absolute Gasteiger partial charge is 0.137 e. The Morgan fingerprint density at radius 1 is 1.26 bits per heavy atom. The van der Waals surface area contributed by atoms with E-state index in [1.807, 2.05) is 26.1 Å². The second-order valence-electron chi connectivity index (χ2n) is 6.21. The summed E-state index contributed by atoms with van der Waals surface area (Å²) in [4.78, 5) is 4.49. The quantitative estimate of drug-likeness (QED) is 0.855. The van der Waals surface area contributed by atoms with Gasteiger partial charge in [-0.25, -0.2) is 0 Å². The van der Waals surface area contributed by atoms with Crippen molar-refractivity contribution < 1.29 is 4.74 Å². The summed E-state index contributed by atoms with van der Waals surface area (Å²) in [6.07, 6.45) is 5.71. The Morgan fingerprint density at radius 2 is 2.00 bits per heavy atom. The van der Waals surface area contributed by atoms with Crippen LogP contribution in [0.3, 0.4) is 0 Å². The van der Waals surface area contributed by atoms with Gasteiger partial charge in [-0.1, -0.05) is 13.8 Å². The Balaban J connectivity index is 1.75. The number of ether oxygens (including phenoxy) is 1. The first-order chi connectivity index (χ1) is 9.02. The molecular formula is C16H26N2O. The first-order valence-corrected chi connectivity index (χ1v) is 7.40. The van der Waals surface area contributed by atoms with Gasteiger partial charge in [-0.05, 0) is 51.2 Å². The van der Waals surface area contributed by atoms with E-state index in [0.717, 1.165) is 18.1 Å². The Hall–Kier alpha value is -1.09. The molecule has 1 aliphatic rings. The fourth-order valence-electron chi connectivity index (χ4n) is 2.68. The molecule has 19 heavy (non-hydrogen) atoms. The number of pyridine rings is 1. The number of hydrogen-bond acceptors (Lipinski definition) is 3. The van der Waals surface area contributed by atoms with Crippen molar-refractivity contribution in [3.63, 3.8) is 0 Å². The van der Waals surface area contributed by atoms with Crippen LogP contribution in [0.15, 0.2) is 18.3 Å². The van der Waals surface area contributed by atoms with E-state index in [2.05, 4.69) is 30.2 Å². The summed E-state index contributed by atoms with van der Waals surface area (Å²) in [6.45, 7) is 8.49. The van der Waals surface area contributed by atoms with Gasteiger partial charge in [-0.15, -0.1) is 0 Å². The Bertz CT molecular complexity index is 380. The van der Waals surface area contributed by atoms with Gasteiger partial charge < -0.3 is 10.1 Å². The van der Waals surface area contributed by atoms with Gasteiger partial charge in [0.1, 0.15) is 5.75 Å². The molecule has 3 nitrogen and oxygen atoms in total. The van der Waals surface area contributed by atoms with E-state index in [4.69, 9.17) is 4.74 Å². The molecular weight excluding hydrogens is 236 g/mol. The molecule has 0 aromatic carbocycles. The third kappa shape index (κ3) is 4.50. The van der Waals surface area contributed by atoms with Gasteiger partial charge in [0, 0.05) is 17.8 Å². The molecule has 0 amide bonds. The zero-order valence-electron chi connectivity index (χ0n) is 12.5. The SMILES string of the molecule is CC(C)NC1CC(Cc2ccc(OC(C)C)cn2)C1. The first kappa shape index (κ1) is 14.3. The third-order valence-corrected chi connectivity index (χ3v) is 3.47. The van der Waals surface area contributed by atoms with Crippen molar-refractivity contribution in [1.29, 1.82) is 0 Å². The van der Waals surface area contributed by atoms with E-state index in [1.165, 1.54) is 18.5 Å². The Labute approximate surface area is 116 Å². The lowest BCUT2D eigenvalue weighted by molar-refractivity contribution is 0.209. The highest BCUT2D eigenvalue weighted by Crippen LogP contribution is 2.30. The second kappa shape index (κ2) is 6.38. The van der Waals surface area contributed by atoms with Gasteiger partial charge >= 0.3 is 0 Å². The maximum Gasteiger partial charge on any atom is 0.137 e. The molecule has 0 spiro atoms. The van der Waals surface area contributed by atoms with E-state index in [-0.39, 0.29) is 6.10 Å². The summed E-state index contributed by atoms with van der Waals surface area (Å²) in [6, 6.07) is 5.44. The van der Waals surface area contributed by atoms with Crippen LogP contribution in [-0.4, -0.2) is 23.2 Å². The van der Waals surface area contributed by atoms with Gasteiger partial charge in [0.2, 0.25) is 0 Å². The molecule has 0 atom stereocenters. The molecule has 3 heteroatoms. The predicted octanol–water partition coefficient (Wildman–Crippen LogP) is 3.19. The van der Waals surface area contributed by atoms with Crippen molar-refractivity contribution in [2.45, 2.75) is 65.1 Å². The monoisotopic (exact) mass is 262 g/mol.